The van der Waals surface area contributed by atoms with Gasteiger partial charge < -0.3 is 89.0 Å². The van der Waals surface area contributed by atoms with Crippen molar-refractivity contribution in [2.45, 2.75) is 202 Å². The molecule has 26 unspecified atom stereocenters. The third kappa shape index (κ3) is 7.20. The Balaban J connectivity index is 0.924. The van der Waals surface area contributed by atoms with Crippen LogP contribution in [0.3, 0.4) is 0 Å². The van der Waals surface area contributed by atoms with E-state index < -0.39 is 121 Å². The third-order valence-corrected chi connectivity index (χ3v) is 18.0. The number of aliphatic hydroxyl groups is 10. The minimum Gasteiger partial charge on any atom is -0.396 e. The largest absolute Gasteiger partial charge is 0.396 e. The lowest BCUT2D eigenvalue weighted by molar-refractivity contribution is -0.391. The van der Waals surface area contributed by atoms with Gasteiger partial charge in [-0.3, -0.25) is 0 Å². The fourth-order valence-electron chi connectivity index (χ4n) is 14.3. The first-order valence-corrected chi connectivity index (χ1v) is 23.3. The van der Waals surface area contributed by atoms with Gasteiger partial charge in [-0.1, -0.05) is 20.8 Å². The van der Waals surface area contributed by atoms with Gasteiger partial charge in [0, 0.05) is 11.8 Å². The predicted molar refractivity (Wildman–Crippen MR) is 211 cm³/mol. The summed E-state index contributed by atoms with van der Waals surface area (Å²) in [6.07, 6.45) is -13.4. The molecule has 0 aromatic carbocycles. The Labute approximate surface area is 362 Å². The van der Waals surface area contributed by atoms with E-state index in [9.17, 15) is 51.1 Å². The zero-order chi connectivity index (χ0) is 44.3. The highest BCUT2D eigenvalue weighted by Crippen LogP contribution is 2.72. The van der Waals surface area contributed by atoms with Crippen LogP contribution in [0.5, 0.6) is 0 Å². The number of hydrogen-bond acceptors (Lipinski definition) is 18. The van der Waals surface area contributed by atoms with Crippen molar-refractivity contribution in [2.24, 2.45) is 46.3 Å². The molecular weight excluding hydrogens is 816 g/mol. The number of ether oxygens (including phenoxy) is 8. The summed E-state index contributed by atoms with van der Waals surface area (Å²) in [5.41, 5.74) is -1.67. The van der Waals surface area contributed by atoms with Gasteiger partial charge in [-0.05, 0) is 99.7 Å². The molecule has 18 heteroatoms. The average Bonchev–Trinajstić information content (AvgIpc) is 3.62. The molecule has 62 heavy (non-hydrogen) atoms. The predicted octanol–water partition coefficient (Wildman–Crippen LogP) is -0.980. The number of fused-ring (bicyclic) bond motifs is 7. The van der Waals surface area contributed by atoms with Crippen molar-refractivity contribution in [3.63, 3.8) is 0 Å². The summed E-state index contributed by atoms with van der Waals surface area (Å²) in [5, 5.41) is 109. The van der Waals surface area contributed by atoms with Gasteiger partial charge in [-0.2, -0.15) is 0 Å². The molecule has 9 aliphatic rings. The van der Waals surface area contributed by atoms with Gasteiger partial charge in [0.15, 0.2) is 24.7 Å². The molecule has 5 aliphatic heterocycles. The molecule has 9 rings (SSSR count). The van der Waals surface area contributed by atoms with Crippen LogP contribution in [-0.4, -0.2) is 187 Å². The van der Waals surface area contributed by atoms with Crippen molar-refractivity contribution in [2.75, 3.05) is 26.4 Å². The van der Waals surface area contributed by atoms with Gasteiger partial charge >= 0.3 is 0 Å². The quantitative estimate of drug-likeness (QED) is 0.131. The number of aliphatic hydroxyl groups excluding tert-OH is 9. The third-order valence-electron chi connectivity index (χ3n) is 18.0. The van der Waals surface area contributed by atoms with Crippen LogP contribution in [0.2, 0.25) is 0 Å². The molecule has 10 N–H and O–H groups in total. The monoisotopic (exact) mass is 888 g/mol. The average molecular weight is 889 g/mol. The number of rotatable bonds is 8. The summed E-state index contributed by atoms with van der Waals surface area (Å²) < 4.78 is 49.8. The van der Waals surface area contributed by atoms with Crippen molar-refractivity contribution in [1.29, 1.82) is 0 Å². The normalized spacial score (nSPS) is 58.9. The van der Waals surface area contributed by atoms with Crippen molar-refractivity contribution in [3.8, 4) is 0 Å². The summed E-state index contributed by atoms with van der Waals surface area (Å²) in [6, 6.07) is 0. The lowest BCUT2D eigenvalue weighted by atomic mass is 9.44. The van der Waals surface area contributed by atoms with Gasteiger partial charge in [-0.25, -0.2) is 0 Å². The SMILES string of the molecule is CC1CCC2(OC1)OC1CC3C4CCC5CC(OC6OC(CO)C(O)C(OC7OCC(O)C(O)C7O)C6OC6OC(C)C(O)C(O)C6O)CCC5(C)C4CCC3(C)C1(O)C2CO. The molecule has 5 saturated heterocycles. The first-order chi connectivity index (χ1) is 29.4. The van der Waals surface area contributed by atoms with Gasteiger partial charge in [0.05, 0.1) is 50.7 Å². The zero-order valence-corrected chi connectivity index (χ0v) is 36.3. The van der Waals surface area contributed by atoms with E-state index in [1.165, 1.54) is 6.92 Å². The summed E-state index contributed by atoms with van der Waals surface area (Å²) in [4.78, 5) is 0. The van der Waals surface area contributed by atoms with E-state index in [1.54, 1.807) is 0 Å². The lowest BCUT2D eigenvalue weighted by Gasteiger charge is -2.62. The first-order valence-electron chi connectivity index (χ1n) is 23.3. The molecule has 0 aromatic heterocycles. The summed E-state index contributed by atoms with van der Waals surface area (Å²) >= 11 is 0. The second-order valence-electron chi connectivity index (χ2n) is 21.2. The highest BCUT2D eigenvalue weighted by atomic mass is 16.8. The molecular formula is C44H72O18. The molecule has 356 valence electrons. The molecule has 4 saturated carbocycles. The Morgan fingerprint density at radius 2 is 1.39 bits per heavy atom. The Morgan fingerprint density at radius 1 is 0.645 bits per heavy atom. The van der Waals surface area contributed by atoms with E-state index in [1.807, 2.05) is 0 Å². The van der Waals surface area contributed by atoms with Gasteiger partial charge in [0.1, 0.15) is 66.6 Å². The molecule has 1 spiro atoms. The number of hydrogen-bond donors (Lipinski definition) is 10. The minimum absolute atomic E-state index is 0.0304. The maximum Gasteiger partial charge on any atom is 0.187 e. The molecule has 26 atom stereocenters. The summed E-state index contributed by atoms with van der Waals surface area (Å²) in [5.74, 6) is 0.189. The maximum atomic E-state index is 12.9. The van der Waals surface area contributed by atoms with E-state index in [0.717, 1.165) is 44.9 Å². The van der Waals surface area contributed by atoms with E-state index in [-0.39, 0.29) is 36.6 Å². The van der Waals surface area contributed by atoms with Crippen molar-refractivity contribution < 1.29 is 89.0 Å². The Kier molecular flexibility index (Phi) is 12.8. The second kappa shape index (κ2) is 17.1. The summed E-state index contributed by atoms with van der Waals surface area (Å²) in [6.45, 7) is 7.58. The molecule has 0 aromatic rings. The van der Waals surface area contributed by atoms with Crippen LogP contribution < -0.4 is 0 Å². The fraction of sp³-hybridized carbons (Fsp3) is 1.00. The van der Waals surface area contributed by atoms with Gasteiger partial charge in [0.2, 0.25) is 0 Å². The van der Waals surface area contributed by atoms with E-state index in [2.05, 4.69) is 20.8 Å². The zero-order valence-electron chi connectivity index (χ0n) is 36.3. The highest BCUT2D eigenvalue weighted by Gasteiger charge is 2.77. The van der Waals surface area contributed by atoms with Crippen LogP contribution in [-0.2, 0) is 37.9 Å². The summed E-state index contributed by atoms with van der Waals surface area (Å²) in [7, 11) is 0. The van der Waals surface area contributed by atoms with Gasteiger partial charge in [0.25, 0.3) is 0 Å². The van der Waals surface area contributed by atoms with Crippen LogP contribution in [0.15, 0.2) is 0 Å². The molecule has 0 radical (unpaired) electrons. The van der Waals surface area contributed by atoms with Crippen LogP contribution >= 0.6 is 0 Å². The first kappa shape index (κ1) is 46.4. The van der Waals surface area contributed by atoms with E-state index in [0.29, 0.717) is 43.6 Å². The van der Waals surface area contributed by atoms with Crippen molar-refractivity contribution >= 4 is 0 Å². The molecule has 5 heterocycles. The molecule has 0 amide bonds. The van der Waals surface area contributed by atoms with Crippen molar-refractivity contribution in [3.05, 3.63) is 0 Å². The topological polar surface area (TPSA) is 276 Å². The highest BCUT2D eigenvalue weighted by molar-refractivity contribution is 5.24. The molecule has 9 fully saturated rings. The van der Waals surface area contributed by atoms with Crippen LogP contribution in [0.4, 0.5) is 0 Å². The lowest BCUT2D eigenvalue weighted by Crippen LogP contribution is -2.66. The van der Waals surface area contributed by atoms with E-state index in [4.69, 9.17) is 37.9 Å². The van der Waals surface area contributed by atoms with Crippen LogP contribution in [0.25, 0.3) is 0 Å². The molecule has 18 nitrogen and oxygen atoms in total. The van der Waals surface area contributed by atoms with E-state index >= 15 is 0 Å². The Morgan fingerprint density at radius 3 is 2.10 bits per heavy atom. The molecule has 0 bridgehead atoms. The second-order valence-corrected chi connectivity index (χ2v) is 21.2. The van der Waals surface area contributed by atoms with Crippen LogP contribution in [0, 0.1) is 46.3 Å². The Bertz CT molecular complexity index is 1570. The Hall–Kier alpha value is -0.720. The minimum atomic E-state index is -1.74. The van der Waals surface area contributed by atoms with Gasteiger partial charge in [-0.15, -0.1) is 0 Å². The standard InChI is InChI=1S/C44H72O18/c1-19-7-12-43(56-17-19)28(16-46)44(54)29(62-43)14-25-23-6-5-21-13-22(8-10-41(21,3)24(23)9-11-42(25,44)4)58-40-37(61-39-35(53)33(51)30(48)20(2)57-39)36(32(50)27(15-45)59-40)60-38-34(52)31(49)26(47)18-55-38/h19-40,45-54H,5-18H2,1-4H3. The van der Waals surface area contributed by atoms with Crippen LogP contribution in [0.1, 0.15) is 91.9 Å². The van der Waals surface area contributed by atoms with Crippen molar-refractivity contribution in [1.82, 2.24) is 0 Å². The fourth-order valence-corrected chi connectivity index (χ4v) is 14.3. The molecule has 4 aliphatic carbocycles. The maximum absolute atomic E-state index is 12.9. The smallest absolute Gasteiger partial charge is 0.187 e.